The Morgan fingerprint density at radius 2 is 1.34 bits per heavy atom. The van der Waals surface area contributed by atoms with E-state index in [1.165, 1.54) is 0 Å². The van der Waals surface area contributed by atoms with Crippen LogP contribution in [-0.4, -0.2) is 22.6 Å². The zero-order valence-electron chi connectivity index (χ0n) is 15.3. The first kappa shape index (κ1) is 22.4. The van der Waals surface area contributed by atoms with Crippen molar-refractivity contribution in [2.24, 2.45) is 0 Å². The minimum Gasteiger partial charge on any atom is -0.497 e. The molecule has 5 nitrogen and oxygen atoms in total. The molecule has 1 N–H and O–H groups in total. The van der Waals surface area contributed by atoms with Gasteiger partial charge in [0.05, 0.1) is 24.7 Å². The zero-order valence-corrected chi connectivity index (χ0v) is 20.0. The molecule has 0 saturated heterocycles. The number of sulfonamides is 1. The van der Waals surface area contributed by atoms with Gasteiger partial charge in [-0.15, -0.1) is 11.3 Å². The number of hydrogen-bond donors (Lipinski definition) is 1. The average Bonchev–Trinajstić information content (AvgIpc) is 2.98. The number of rotatable bonds is 7. The SMILES string of the molecule is COc1ccc(C(NS(=O)(=O)c2c(Cl)sc(Cl)c2Br)c2ccc(OC)cc2)cc1. The molecule has 0 fully saturated rings. The third-order valence-corrected chi connectivity index (χ3v) is 9.06. The quantitative estimate of drug-likeness (QED) is 0.408. The van der Waals surface area contributed by atoms with E-state index in [2.05, 4.69) is 20.7 Å². The molecule has 3 rings (SSSR count). The molecular formula is C19H16BrCl2NO4S2. The van der Waals surface area contributed by atoms with Crippen molar-refractivity contribution >= 4 is 60.5 Å². The fourth-order valence-electron chi connectivity index (χ4n) is 2.70. The van der Waals surface area contributed by atoms with Gasteiger partial charge in [0.15, 0.2) is 0 Å². The Bertz CT molecular complexity index is 1050. The van der Waals surface area contributed by atoms with Gasteiger partial charge in [0.1, 0.15) is 25.1 Å². The van der Waals surface area contributed by atoms with Crippen LogP contribution in [-0.2, 0) is 10.0 Å². The van der Waals surface area contributed by atoms with Gasteiger partial charge < -0.3 is 9.47 Å². The van der Waals surface area contributed by atoms with E-state index in [9.17, 15) is 8.42 Å². The fourth-order valence-corrected chi connectivity index (χ4v) is 7.47. The Kier molecular flexibility index (Phi) is 7.14. The molecule has 29 heavy (non-hydrogen) atoms. The highest BCUT2D eigenvalue weighted by atomic mass is 79.9. The molecule has 0 spiro atoms. The Morgan fingerprint density at radius 1 is 0.897 bits per heavy atom. The predicted molar refractivity (Wildman–Crippen MR) is 120 cm³/mol. The largest absolute Gasteiger partial charge is 0.497 e. The van der Waals surface area contributed by atoms with Crippen LogP contribution in [0.2, 0.25) is 8.67 Å². The predicted octanol–water partition coefficient (Wildman–Crippen LogP) is 5.90. The lowest BCUT2D eigenvalue weighted by Gasteiger charge is -2.20. The molecule has 0 saturated carbocycles. The smallest absolute Gasteiger partial charge is 0.244 e. The highest BCUT2D eigenvalue weighted by Crippen LogP contribution is 2.43. The van der Waals surface area contributed by atoms with Gasteiger partial charge >= 0.3 is 0 Å². The van der Waals surface area contributed by atoms with Gasteiger partial charge in [-0.05, 0) is 51.3 Å². The van der Waals surface area contributed by atoms with Crippen LogP contribution in [0.5, 0.6) is 11.5 Å². The van der Waals surface area contributed by atoms with Gasteiger partial charge in [-0.1, -0.05) is 47.5 Å². The molecule has 0 aliphatic rings. The van der Waals surface area contributed by atoms with Gasteiger partial charge in [0.25, 0.3) is 0 Å². The van der Waals surface area contributed by atoms with E-state index < -0.39 is 16.1 Å². The molecule has 0 bridgehead atoms. The maximum Gasteiger partial charge on any atom is 0.244 e. The second-order valence-corrected chi connectivity index (χ2v) is 10.6. The van der Waals surface area contributed by atoms with E-state index in [1.54, 1.807) is 62.8 Å². The number of thiophene rings is 1. The minimum atomic E-state index is -3.99. The minimum absolute atomic E-state index is 0.0811. The normalized spacial score (nSPS) is 11.7. The maximum absolute atomic E-state index is 13.2. The average molecular weight is 537 g/mol. The molecule has 10 heteroatoms. The number of benzene rings is 2. The molecule has 154 valence electrons. The molecule has 0 radical (unpaired) electrons. The van der Waals surface area contributed by atoms with Crippen LogP contribution in [0.25, 0.3) is 0 Å². The van der Waals surface area contributed by atoms with Crippen molar-refractivity contribution in [1.29, 1.82) is 0 Å². The van der Waals surface area contributed by atoms with E-state index in [-0.39, 0.29) is 18.0 Å². The fraction of sp³-hybridized carbons (Fsp3) is 0.158. The Labute approximate surface area is 191 Å². The summed E-state index contributed by atoms with van der Waals surface area (Å²) in [5, 5.41) is 0. The third-order valence-electron chi connectivity index (χ3n) is 4.17. The first-order valence-electron chi connectivity index (χ1n) is 8.20. The van der Waals surface area contributed by atoms with Crippen LogP contribution in [0.1, 0.15) is 17.2 Å². The molecule has 0 aliphatic heterocycles. The summed E-state index contributed by atoms with van der Waals surface area (Å²) in [7, 11) is -0.857. The molecule has 0 aliphatic carbocycles. The second kappa shape index (κ2) is 9.24. The molecule has 1 heterocycles. The Balaban J connectivity index is 2.06. The van der Waals surface area contributed by atoms with Gasteiger partial charge in [-0.25, -0.2) is 8.42 Å². The molecule has 2 aromatic carbocycles. The number of nitrogens with one attached hydrogen (secondary N) is 1. The second-order valence-electron chi connectivity index (χ2n) is 5.89. The highest BCUT2D eigenvalue weighted by Gasteiger charge is 2.30. The van der Waals surface area contributed by atoms with Gasteiger partial charge in [-0.2, -0.15) is 4.72 Å². The van der Waals surface area contributed by atoms with Gasteiger partial charge in [0.2, 0.25) is 10.0 Å². The summed E-state index contributed by atoms with van der Waals surface area (Å²) in [6, 6.07) is 13.6. The number of halogens is 3. The van der Waals surface area contributed by atoms with E-state index in [0.717, 1.165) is 22.5 Å². The lowest BCUT2D eigenvalue weighted by molar-refractivity contribution is 0.414. The summed E-state index contributed by atoms with van der Waals surface area (Å²) >= 11 is 16.4. The first-order valence-corrected chi connectivity index (χ1v) is 12.0. The number of ether oxygens (including phenoxy) is 2. The molecular weight excluding hydrogens is 521 g/mol. The Morgan fingerprint density at radius 3 is 1.69 bits per heavy atom. The van der Waals surface area contributed by atoms with Gasteiger partial charge in [0, 0.05) is 0 Å². The van der Waals surface area contributed by atoms with E-state index in [1.807, 2.05) is 0 Å². The summed E-state index contributed by atoms with van der Waals surface area (Å²) in [5.74, 6) is 1.33. The first-order chi connectivity index (χ1) is 13.8. The summed E-state index contributed by atoms with van der Waals surface area (Å²) in [5.41, 5.74) is 1.46. The monoisotopic (exact) mass is 535 g/mol. The molecule has 0 atom stereocenters. The number of methoxy groups -OCH3 is 2. The molecule has 0 unspecified atom stereocenters. The van der Waals surface area contributed by atoms with Crippen LogP contribution < -0.4 is 14.2 Å². The van der Waals surface area contributed by atoms with Crippen molar-refractivity contribution in [2.75, 3.05) is 14.2 Å². The van der Waals surface area contributed by atoms with Crippen molar-refractivity contribution in [3.63, 3.8) is 0 Å². The topological polar surface area (TPSA) is 64.6 Å². The lowest BCUT2D eigenvalue weighted by atomic mass is 9.99. The summed E-state index contributed by atoms with van der Waals surface area (Å²) < 4.78 is 40.0. The van der Waals surface area contributed by atoms with Crippen molar-refractivity contribution in [3.8, 4) is 11.5 Å². The van der Waals surface area contributed by atoms with E-state index >= 15 is 0 Å². The maximum atomic E-state index is 13.2. The molecule has 3 aromatic rings. The zero-order chi connectivity index (χ0) is 21.2. The third kappa shape index (κ3) is 4.90. The van der Waals surface area contributed by atoms with Crippen LogP contribution in [0, 0.1) is 0 Å². The standard InChI is InChI=1S/C19H16BrCl2NO4S2/c1-26-13-7-3-11(4-8-13)16(12-5-9-14(27-2)10-6-12)23-29(24,25)17-15(20)18(21)28-19(17)22/h3-10,16,23H,1-2H3. The van der Waals surface area contributed by atoms with Crippen LogP contribution in [0.4, 0.5) is 0 Å². The van der Waals surface area contributed by atoms with Crippen molar-refractivity contribution in [2.45, 2.75) is 10.9 Å². The van der Waals surface area contributed by atoms with Crippen molar-refractivity contribution < 1.29 is 17.9 Å². The van der Waals surface area contributed by atoms with E-state index in [4.69, 9.17) is 32.7 Å². The lowest BCUT2D eigenvalue weighted by Crippen LogP contribution is -2.29. The van der Waals surface area contributed by atoms with E-state index in [0.29, 0.717) is 11.5 Å². The van der Waals surface area contributed by atoms with Crippen molar-refractivity contribution in [1.82, 2.24) is 4.72 Å². The summed E-state index contributed by atoms with van der Waals surface area (Å²) in [6.07, 6.45) is 0. The molecule has 1 aromatic heterocycles. The highest BCUT2D eigenvalue weighted by molar-refractivity contribution is 9.10. The van der Waals surface area contributed by atoms with Crippen LogP contribution >= 0.6 is 50.5 Å². The number of hydrogen-bond acceptors (Lipinski definition) is 5. The molecule has 0 amide bonds. The van der Waals surface area contributed by atoms with Crippen LogP contribution in [0.15, 0.2) is 57.9 Å². The summed E-state index contributed by atoms with van der Waals surface area (Å²) in [4.78, 5) is -0.0822. The van der Waals surface area contributed by atoms with Crippen LogP contribution in [0.3, 0.4) is 0 Å². The van der Waals surface area contributed by atoms with Crippen molar-refractivity contribution in [3.05, 3.63) is 72.8 Å². The Hall–Kier alpha value is -1.29. The summed E-state index contributed by atoms with van der Waals surface area (Å²) in [6.45, 7) is 0. The van der Waals surface area contributed by atoms with Gasteiger partial charge in [-0.3, -0.25) is 0 Å².